The Morgan fingerprint density at radius 2 is 1.36 bits per heavy atom. The van der Waals surface area contributed by atoms with Crippen molar-refractivity contribution in [1.82, 2.24) is 0 Å². The molecular formula is C30H30FN3O8S2. The minimum absolute atomic E-state index is 0.0399. The third-order valence-electron chi connectivity index (χ3n) is 6.21. The summed E-state index contributed by atoms with van der Waals surface area (Å²) in [5.74, 6) is -0.262. The van der Waals surface area contributed by atoms with Crippen molar-refractivity contribution >= 4 is 43.0 Å². The first-order valence-electron chi connectivity index (χ1n) is 13.1. The minimum atomic E-state index is -4.35. The Morgan fingerprint density at radius 3 is 1.95 bits per heavy atom. The van der Waals surface area contributed by atoms with Crippen LogP contribution in [0.2, 0.25) is 0 Å². The molecule has 0 atom stereocenters. The summed E-state index contributed by atoms with van der Waals surface area (Å²) in [6.45, 7) is 1.64. The van der Waals surface area contributed by atoms with Crippen molar-refractivity contribution in [2.75, 3.05) is 41.7 Å². The summed E-state index contributed by atoms with van der Waals surface area (Å²) in [5, 5.41) is 2.57. The number of carbonyl (C=O) groups excluding carboxylic acids is 1. The van der Waals surface area contributed by atoms with Gasteiger partial charge in [0, 0.05) is 17.4 Å². The normalized spacial score (nSPS) is 11.4. The molecule has 44 heavy (non-hydrogen) atoms. The lowest BCUT2D eigenvalue weighted by molar-refractivity contribution is -0.114. The van der Waals surface area contributed by atoms with Gasteiger partial charge in [-0.3, -0.25) is 13.8 Å². The summed E-state index contributed by atoms with van der Waals surface area (Å²) < 4.78 is 85.8. The van der Waals surface area contributed by atoms with Crippen LogP contribution in [0.15, 0.2) is 101 Å². The first-order chi connectivity index (χ1) is 21.0. The fraction of sp³-hybridized carbons (Fsp3) is 0.167. The van der Waals surface area contributed by atoms with Gasteiger partial charge < -0.3 is 19.5 Å². The number of amides is 1. The average molecular weight is 644 g/mol. The zero-order valence-electron chi connectivity index (χ0n) is 24.0. The van der Waals surface area contributed by atoms with Crippen molar-refractivity contribution in [1.29, 1.82) is 0 Å². The monoisotopic (exact) mass is 643 g/mol. The van der Waals surface area contributed by atoms with E-state index in [1.807, 2.05) is 6.92 Å². The number of ether oxygens (including phenoxy) is 3. The molecule has 2 N–H and O–H groups in total. The van der Waals surface area contributed by atoms with Crippen LogP contribution in [-0.4, -0.2) is 50.1 Å². The van der Waals surface area contributed by atoms with E-state index in [9.17, 15) is 26.0 Å². The molecule has 0 bridgehead atoms. The second-order valence-electron chi connectivity index (χ2n) is 9.14. The van der Waals surface area contributed by atoms with Crippen molar-refractivity contribution < 1.29 is 40.2 Å². The molecule has 0 saturated carbocycles. The number of rotatable bonds is 13. The summed E-state index contributed by atoms with van der Waals surface area (Å²) in [7, 11) is -5.54. The van der Waals surface area contributed by atoms with Crippen LogP contribution in [-0.2, 0) is 24.8 Å². The third kappa shape index (κ3) is 7.57. The van der Waals surface area contributed by atoms with E-state index in [1.165, 1.54) is 68.8 Å². The quantitative estimate of drug-likeness (QED) is 0.210. The fourth-order valence-corrected chi connectivity index (χ4v) is 6.57. The molecule has 0 fully saturated rings. The SMILES string of the molecule is CCOc1ccc(NS(=O)(=O)c2ccc(NC(=O)CN(c3ccc(F)cc3)S(=O)(=O)c3ccc(OC)c(OC)c3)cc2)cc1. The number of nitrogens with zero attached hydrogens (tertiary/aromatic N) is 1. The second-order valence-corrected chi connectivity index (χ2v) is 12.7. The smallest absolute Gasteiger partial charge is 0.264 e. The first kappa shape index (κ1) is 32.1. The van der Waals surface area contributed by atoms with Crippen LogP contribution < -0.4 is 28.6 Å². The van der Waals surface area contributed by atoms with Crippen molar-refractivity contribution in [3.05, 3.63) is 96.8 Å². The van der Waals surface area contributed by atoms with E-state index in [4.69, 9.17) is 14.2 Å². The lowest BCUT2D eigenvalue weighted by Gasteiger charge is -2.24. The number of carbonyl (C=O) groups is 1. The lowest BCUT2D eigenvalue weighted by Crippen LogP contribution is -2.38. The van der Waals surface area contributed by atoms with E-state index in [2.05, 4.69) is 10.0 Å². The molecular weight excluding hydrogens is 613 g/mol. The molecule has 0 aliphatic carbocycles. The highest BCUT2D eigenvalue weighted by Gasteiger charge is 2.28. The first-order valence-corrected chi connectivity index (χ1v) is 16.0. The van der Waals surface area contributed by atoms with Crippen molar-refractivity contribution in [3.8, 4) is 17.2 Å². The van der Waals surface area contributed by atoms with Gasteiger partial charge in [0.1, 0.15) is 18.1 Å². The van der Waals surface area contributed by atoms with E-state index >= 15 is 0 Å². The molecule has 0 aliphatic rings. The molecule has 14 heteroatoms. The summed E-state index contributed by atoms with van der Waals surface area (Å²) in [4.78, 5) is 12.8. The molecule has 0 spiro atoms. The van der Waals surface area contributed by atoms with E-state index in [1.54, 1.807) is 24.3 Å². The topological polar surface area (TPSA) is 140 Å². The largest absolute Gasteiger partial charge is 0.494 e. The Balaban J connectivity index is 1.52. The highest BCUT2D eigenvalue weighted by atomic mass is 32.2. The number of nitrogens with one attached hydrogen (secondary N) is 2. The van der Waals surface area contributed by atoms with E-state index in [0.717, 1.165) is 16.4 Å². The molecule has 1 amide bonds. The third-order valence-corrected chi connectivity index (χ3v) is 9.38. The van der Waals surface area contributed by atoms with Crippen LogP contribution in [0.5, 0.6) is 17.2 Å². The van der Waals surface area contributed by atoms with Crippen LogP contribution in [0.1, 0.15) is 6.92 Å². The van der Waals surface area contributed by atoms with Gasteiger partial charge in [0.15, 0.2) is 11.5 Å². The molecule has 232 valence electrons. The molecule has 0 saturated heterocycles. The Kier molecular flexibility index (Phi) is 9.96. The molecule has 0 aromatic heterocycles. The number of hydrogen-bond acceptors (Lipinski definition) is 8. The predicted molar refractivity (Wildman–Crippen MR) is 164 cm³/mol. The van der Waals surface area contributed by atoms with Crippen molar-refractivity contribution in [2.24, 2.45) is 0 Å². The van der Waals surface area contributed by atoms with Gasteiger partial charge in [0.05, 0.1) is 36.3 Å². The zero-order chi connectivity index (χ0) is 31.9. The maximum absolute atomic E-state index is 13.7. The second kappa shape index (κ2) is 13.7. The number of benzene rings is 4. The summed E-state index contributed by atoms with van der Waals surface area (Å²) >= 11 is 0. The maximum atomic E-state index is 13.7. The molecule has 0 radical (unpaired) electrons. The Morgan fingerprint density at radius 1 is 0.773 bits per heavy atom. The number of hydrogen-bond donors (Lipinski definition) is 2. The Bertz CT molecular complexity index is 1820. The number of halogens is 1. The van der Waals surface area contributed by atoms with E-state index in [-0.39, 0.29) is 26.9 Å². The molecule has 4 rings (SSSR count). The van der Waals surface area contributed by atoms with Gasteiger partial charge in [0.25, 0.3) is 20.0 Å². The van der Waals surface area contributed by atoms with Crippen LogP contribution in [0.25, 0.3) is 0 Å². The molecule has 4 aromatic rings. The zero-order valence-corrected chi connectivity index (χ0v) is 25.6. The lowest BCUT2D eigenvalue weighted by atomic mass is 10.3. The van der Waals surface area contributed by atoms with Gasteiger partial charge in [-0.2, -0.15) is 0 Å². The van der Waals surface area contributed by atoms with Crippen LogP contribution >= 0.6 is 0 Å². The summed E-state index contributed by atoms with van der Waals surface area (Å²) in [6.07, 6.45) is 0. The Hall–Kier alpha value is -4.82. The van der Waals surface area contributed by atoms with Gasteiger partial charge in [-0.1, -0.05) is 0 Å². The number of methoxy groups -OCH3 is 2. The maximum Gasteiger partial charge on any atom is 0.264 e. The average Bonchev–Trinajstić information content (AvgIpc) is 3.01. The molecule has 0 unspecified atom stereocenters. The van der Waals surface area contributed by atoms with Crippen LogP contribution in [0, 0.1) is 5.82 Å². The van der Waals surface area contributed by atoms with Gasteiger partial charge >= 0.3 is 0 Å². The van der Waals surface area contributed by atoms with Crippen molar-refractivity contribution in [2.45, 2.75) is 16.7 Å². The van der Waals surface area contributed by atoms with Crippen LogP contribution in [0.3, 0.4) is 0 Å². The van der Waals surface area contributed by atoms with E-state index < -0.39 is 38.3 Å². The summed E-state index contributed by atoms with van der Waals surface area (Å²) in [5.41, 5.74) is 0.595. The van der Waals surface area contributed by atoms with Gasteiger partial charge in [0.2, 0.25) is 5.91 Å². The van der Waals surface area contributed by atoms with Gasteiger partial charge in [-0.15, -0.1) is 0 Å². The van der Waals surface area contributed by atoms with Crippen molar-refractivity contribution in [3.63, 3.8) is 0 Å². The van der Waals surface area contributed by atoms with Gasteiger partial charge in [-0.25, -0.2) is 21.2 Å². The predicted octanol–water partition coefficient (Wildman–Crippen LogP) is 4.88. The molecule has 0 heterocycles. The fourth-order valence-electron chi connectivity index (χ4n) is 4.07. The number of anilines is 3. The minimum Gasteiger partial charge on any atom is -0.494 e. The van der Waals surface area contributed by atoms with E-state index in [0.29, 0.717) is 23.8 Å². The summed E-state index contributed by atoms with van der Waals surface area (Å²) in [6, 6.07) is 20.3. The number of sulfonamides is 2. The standard InChI is InChI=1S/C30H30FN3O8S2/c1-4-42-25-13-7-23(8-14-25)33-43(36,37)26-15-9-22(10-16-26)32-30(35)20-34(24-11-5-21(31)6-12-24)44(38,39)27-17-18-28(40-2)29(19-27)41-3/h5-19,33H,4,20H2,1-3H3,(H,32,35). The Labute approximate surface area is 255 Å². The highest BCUT2D eigenvalue weighted by molar-refractivity contribution is 7.93. The highest BCUT2D eigenvalue weighted by Crippen LogP contribution is 2.32. The van der Waals surface area contributed by atoms with Gasteiger partial charge in [-0.05, 0) is 91.9 Å². The molecule has 11 nitrogen and oxygen atoms in total. The molecule has 4 aromatic carbocycles. The van der Waals surface area contributed by atoms with Crippen LogP contribution in [0.4, 0.5) is 21.5 Å². The molecule has 0 aliphatic heterocycles.